The summed E-state index contributed by atoms with van der Waals surface area (Å²) in [5.74, 6) is -0.230. The molecule has 2 aromatic carbocycles. The molecule has 0 radical (unpaired) electrons. The Morgan fingerprint density at radius 2 is 1.95 bits per heavy atom. The maximum Gasteiger partial charge on any atom is 0.224 e. The molecule has 0 saturated carbocycles. The van der Waals surface area contributed by atoms with E-state index in [1.165, 1.54) is 12.1 Å². The van der Waals surface area contributed by atoms with E-state index in [4.69, 9.17) is 5.73 Å². The highest BCUT2D eigenvalue weighted by molar-refractivity contribution is 5.95. The monoisotopic (exact) mass is 285 g/mol. The van der Waals surface area contributed by atoms with Gasteiger partial charge in [-0.1, -0.05) is 12.1 Å². The van der Waals surface area contributed by atoms with E-state index in [2.05, 4.69) is 10.6 Å². The molecule has 0 bridgehead atoms. The van der Waals surface area contributed by atoms with Crippen LogP contribution in [0.25, 0.3) is 0 Å². The molecule has 21 heavy (non-hydrogen) atoms. The molecule has 0 unspecified atom stereocenters. The van der Waals surface area contributed by atoms with Crippen LogP contribution >= 0.6 is 0 Å². The van der Waals surface area contributed by atoms with Crippen LogP contribution in [0, 0.1) is 5.82 Å². The number of nitrogen functional groups attached to an aromatic ring is 1. The van der Waals surface area contributed by atoms with Gasteiger partial charge in [0, 0.05) is 18.7 Å². The number of aryl methyl sites for hydroxylation is 1. The van der Waals surface area contributed by atoms with Gasteiger partial charge in [0.05, 0.1) is 11.4 Å². The van der Waals surface area contributed by atoms with Gasteiger partial charge in [-0.25, -0.2) is 4.39 Å². The van der Waals surface area contributed by atoms with Crippen LogP contribution in [0.5, 0.6) is 0 Å². The summed E-state index contributed by atoms with van der Waals surface area (Å²) in [6, 6.07) is 10.0. The average molecular weight is 285 g/mol. The second-order valence-electron chi connectivity index (χ2n) is 5.12. The van der Waals surface area contributed by atoms with Gasteiger partial charge < -0.3 is 16.4 Å². The van der Waals surface area contributed by atoms with Gasteiger partial charge in [0.1, 0.15) is 5.82 Å². The number of carbonyl (C=O) groups excluding carboxylic acids is 1. The fourth-order valence-corrected chi connectivity index (χ4v) is 2.40. The quantitative estimate of drug-likeness (QED) is 0.760. The number of carbonyl (C=O) groups is 1. The van der Waals surface area contributed by atoms with Crippen molar-refractivity contribution in [2.24, 2.45) is 0 Å². The minimum Gasteiger partial charge on any atom is -0.397 e. The molecule has 2 aromatic rings. The summed E-state index contributed by atoms with van der Waals surface area (Å²) < 4.78 is 12.9. The second-order valence-corrected chi connectivity index (χ2v) is 5.12. The zero-order chi connectivity index (χ0) is 14.8. The average Bonchev–Trinajstić information content (AvgIpc) is 2.47. The fraction of sp³-hybridized carbons (Fsp3) is 0.188. The Hall–Kier alpha value is -2.56. The van der Waals surface area contributed by atoms with Gasteiger partial charge in [0.2, 0.25) is 5.91 Å². The molecule has 0 atom stereocenters. The van der Waals surface area contributed by atoms with Gasteiger partial charge in [-0.05, 0) is 41.8 Å². The summed E-state index contributed by atoms with van der Waals surface area (Å²) >= 11 is 0. The van der Waals surface area contributed by atoms with Crippen molar-refractivity contribution in [2.45, 2.75) is 19.4 Å². The minimum absolute atomic E-state index is 0.0248. The number of fused-ring (bicyclic) bond motifs is 1. The molecule has 0 aromatic heterocycles. The predicted octanol–water partition coefficient (Wildman–Crippen LogP) is 2.90. The molecule has 0 fully saturated rings. The van der Waals surface area contributed by atoms with E-state index in [0.717, 1.165) is 22.5 Å². The Balaban J connectivity index is 1.77. The predicted molar refractivity (Wildman–Crippen MR) is 81.5 cm³/mol. The summed E-state index contributed by atoms with van der Waals surface area (Å²) in [4.78, 5) is 11.4. The van der Waals surface area contributed by atoms with Crippen LogP contribution in [-0.4, -0.2) is 5.91 Å². The topological polar surface area (TPSA) is 67.2 Å². The number of amides is 1. The fourth-order valence-electron chi connectivity index (χ4n) is 2.40. The molecule has 4 N–H and O–H groups in total. The zero-order valence-electron chi connectivity index (χ0n) is 11.4. The lowest BCUT2D eigenvalue weighted by Gasteiger charge is -2.20. The van der Waals surface area contributed by atoms with Gasteiger partial charge in [0.25, 0.3) is 0 Å². The first kappa shape index (κ1) is 13.4. The highest BCUT2D eigenvalue weighted by Crippen LogP contribution is 2.31. The Kier molecular flexibility index (Phi) is 3.48. The number of hydrogen-bond donors (Lipinski definition) is 3. The summed E-state index contributed by atoms with van der Waals surface area (Å²) in [6.45, 7) is 0.539. The molecule has 1 aliphatic heterocycles. The Morgan fingerprint density at radius 3 is 2.71 bits per heavy atom. The van der Waals surface area contributed by atoms with Crippen molar-refractivity contribution in [1.82, 2.24) is 0 Å². The van der Waals surface area contributed by atoms with Gasteiger partial charge in [-0.2, -0.15) is 0 Å². The normalized spacial score (nSPS) is 13.5. The van der Waals surface area contributed by atoms with Crippen molar-refractivity contribution >= 4 is 23.0 Å². The molecule has 3 rings (SSSR count). The molecule has 1 amide bonds. The van der Waals surface area contributed by atoms with Gasteiger partial charge in [-0.3, -0.25) is 4.79 Å². The molecule has 0 saturated heterocycles. The summed E-state index contributed by atoms with van der Waals surface area (Å²) in [5, 5.41) is 6.06. The maximum absolute atomic E-state index is 12.9. The van der Waals surface area contributed by atoms with E-state index in [0.29, 0.717) is 25.1 Å². The molecular weight excluding hydrogens is 269 g/mol. The van der Waals surface area contributed by atoms with E-state index in [-0.39, 0.29) is 11.7 Å². The zero-order valence-corrected chi connectivity index (χ0v) is 11.4. The number of benzene rings is 2. The van der Waals surface area contributed by atoms with E-state index < -0.39 is 0 Å². The van der Waals surface area contributed by atoms with Crippen molar-refractivity contribution in [3.8, 4) is 0 Å². The SMILES string of the molecule is Nc1cc2c(cc1NCc1ccc(F)cc1)NC(=O)CC2. The van der Waals surface area contributed by atoms with Crippen molar-refractivity contribution in [2.75, 3.05) is 16.4 Å². The van der Waals surface area contributed by atoms with Crippen LogP contribution in [0.15, 0.2) is 36.4 Å². The Bertz CT molecular complexity index is 683. The minimum atomic E-state index is -0.255. The van der Waals surface area contributed by atoms with E-state index >= 15 is 0 Å². The Morgan fingerprint density at radius 1 is 1.19 bits per heavy atom. The first-order valence-electron chi connectivity index (χ1n) is 6.82. The maximum atomic E-state index is 12.9. The third-order valence-electron chi connectivity index (χ3n) is 3.57. The van der Waals surface area contributed by atoms with Crippen LogP contribution in [0.4, 0.5) is 21.5 Å². The van der Waals surface area contributed by atoms with Crippen molar-refractivity contribution < 1.29 is 9.18 Å². The lowest BCUT2D eigenvalue weighted by Crippen LogP contribution is -2.19. The number of rotatable bonds is 3. The van der Waals surface area contributed by atoms with Crippen LogP contribution < -0.4 is 16.4 Å². The summed E-state index contributed by atoms with van der Waals surface area (Å²) in [6.07, 6.45) is 1.21. The summed E-state index contributed by atoms with van der Waals surface area (Å²) in [5.41, 5.74) is 10.3. The van der Waals surface area contributed by atoms with Gasteiger partial charge >= 0.3 is 0 Å². The van der Waals surface area contributed by atoms with Crippen molar-refractivity contribution in [3.05, 3.63) is 53.3 Å². The van der Waals surface area contributed by atoms with Crippen molar-refractivity contribution in [1.29, 1.82) is 0 Å². The Labute approximate surface area is 122 Å². The van der Waals surface area contributed by atoms with Crippen LogP contribution in [0.2, 0.25) is 0 Å². The number of anilines is 3. The third-order valence-corrected chi connectivity index (χ3v) is 3.57. The number of nitrogens with two attached hydrogens (primary N) is 1. The highest BCUT2D eigenvalue weighted by Gasteiger charge is 2.16. The highest BCUT2D eigenvalue weighted by atomic mass is 19.1. The summed E-state index contributed by atoms with van der Waals surface area (Å²) in [7, 11) is 0. The van der Waals surface area contributed by atoms with E-state index in [1.54, 1.807) is 12.1 Å². The van der Waals surface area contributed by atoms with Crippen molar-refractivity contribution in [3.63, 3.8) is 0 Å². The molecule has 0 aliphatic carbocycles. The first-order chi connectivity index (χ1) is 10.1. The molecule has 5 heteroatoms. The van der Waals surface area contributed by atoms with Crippen LogP contribution in [0.3, 0.4) is 0 Å². The molecular formula is C16H16FN3O. The largest absolute Gasteiger partial charge is 0.397 e. The van der Waals surface area contributed by atoms with Gasteiger partial charge in [0.15, 0.2) is 0 Å². The number of hydrogen-bond acceptors (Lipinski definition) is 3. The smallest absolute Gasteiger partial charge is 0.224 e. The van der Waals surface area contributed by atoms with E-state index in [1.807, 2.05) is 12.1 Å². The molecule has 108 valence electrons. The van der Waals surface area contributed by atoms with E-state index in [9.17, 15) is 9.18 Å². The molecule has 1 heterocycles. The number of halogens is 1. The molecule has 1 aliphatic rings. The number of nitrogens with one attached hydrogen (secondary N) is 2. The molecule has 0 spiro atoms. The second kappa shape index (κ2) is 5.44. The lowest BCUT2D eigenvalue weighted by molar-refractivity contribution is -0.116. The van der Waals surface area contributed by atoms with Crippen LogP contribution in [0.1, 0.15) is 17.5 Å². The third kappa shape index (κ3) is 2.97. The first-order valence-corrected chi connectivity index (χ1v) is 6.82. The van der Waals surface area contributed by atoms with Crippen LogP contribution in [-0.2, 0) is 17.8 Å². The van der Waals surface area contributed by atoms with Gasteiger partial charge in [-0.15, -0.1) is 0 Å². The lowest BCUT2D eigenvalue weighted by atomic mass is 10.0. The standard InChI is InChI=1S/C16H16FN3O/c17-12-4-1-10(2-5-12)9-19-15-8-14-11(7-13(15)18)3-6-16(21)20-14/h1-2,4-5,7-8,19H,3,6,9,18H2,(H,20,21). The molecule has 4 nitrogen and oxygen atoms in total.